The van der Waals surface area contributed by atoms with E-state index in [4.69, 9.17) is 0 Å². The number of halogens is 1. The van der Waals surface area contributed by atoms with Crippen LogP contribution in [-0.4, -0.2) is 37.2 Å². The van der Waals surface area contributed by atoms with Gasteiger partial charge in [0.15, 0.2) is 0 Å². The van der Waals surface area contributed by atoms with Crippen LogP contribution in [0.1, 0.15) is 6.92 Å². The zero-order chi connectivity index (χ0) is 16.7. The van der Waals surface area contributed by atoms with Crippen LogP contribution < -0.4 is 15.7 Å². The van der Waals surface area contributed by atoms with Crippen molar-refractivity contribution in [3.05, 3.63) is 27.1 Å². The van der Waals surface area contributed by atoms with Gasteiger partial charge in [0.1, 0.15) is 0 Å². The lowest BCUT2D eigenvalue weighted by atomic mass is 10.3. The Morgan fingerprint density at radius 1 is 1.23 bits per heavy atom. The SMILES string of the molecule is CNC(C)CNS(=O)(=O)c1cc2c(cc1Br)n(C)c(=O)n2C. The van der Waals surface area contributed by atoms with Crippen LogP contribution in [0.2, 0.25) is 0 Å². The summed E-state index contributed by atoms with van der Waals surface area (Å²) in [7, 11) is 1.36. The molecule has 0 radical (unpaired) electrons. The fourth-order valence-corrected chi connectivity index (χ4v) is 4.30. The summed E-state index contributed by atoms with van der Waals surface area (Å²) in [6.07, 6.45) is 0. The van der Waals surface area contributed by atoms with E-state index in [1.54, 1.807) is 27.2 Å². The Morgan fingerprint density at radius 3 is 2.32 bits per heavy atom. The number of hydrogen-bond acceptors (Lipinski definition) is 4. The summed E-state index contributed by atoms with van der Waals surface area (Å²) < 4.78 is 30.8. The second-order valence-corrected chi connectivity index (χ2v) is 7.80. The number of likely N-dealkylation sites (N-methyl/N-ethyl adjacent to an activating group) is 1. The molecular formula is C13H19BrN4O3S. The smallest absolute Gasteiger partial charge is 0.316 e. The molecule has 0 aliphatic rings. The van der Waals surface area contributed by atoms with Gasteiger partial charge in [-0.05, 0) is 42.0 Å². The van der Waals surface area contributed by atoms with Crippen molar-refractivity contribution in [2.45, 2.75) is 17.9 Å². The predicted molar refractivity (Wildman–Crippen MR) is 89.6 cm³/mol. The van der Waals surface area contributed by atoms with Gasteiger partial charge in [0, 0.05) is 31.2 Å². The van der Waals surface area contributed by atoms with Gasteiger partial charge in [0.2, 0.25) is 10.0 Å². The van der Waals surface area contributed by atoms with Crippen molar-refractivity contribution in [3.8, 4) is 0 Å². The van der Waals surface area contributed by atoms with Crippen molar-refractivity contribution in [2.24, 2.45) is 14.1 Å². The Kier molecular flexibility index (Phi) is 4.81. The topological polar surface area (TPSA) is 85.1 Å². The molecule has 0 spiro atoms. The number of hydrogen-bond donors (Lipinski definition) is 2. The van der Waals surface area contributed by atoms with Gasteiger partial charge in [-0.1, -0.05) is 0 Å². The Bertz CT molecular complexity index is 870. The van der Waals surface area contributed by atoms with Crippen LogP contribution in [0, 0.1) is 0 Å². The Morgan fingerprint density at radius 2 is 1.77 bits per heavy atom. The van der Waals surface area contributed by atoms with Gasteiger partial charge in [-0.2, -0.15) is 0 Å². The lowest BCUT2D eigenvalue weighted by Gasteiger charge is -2.13. The van der Waals surface area contributed by atoms with Crippen molar-refractivity contribution in [2.75, 3.05) is 13.6 Å². The van der Waals surface area contributed by atoms with Crippen molar-refractivity contribution in [1.82, 2.24) is 19.2 Å². The van der Waals surface area contributed by atoms with Crippen LogP contribution in [0.4, 0.5) is 0 Å². The highest BCUT2D eigenvalue weighted by molar-refractivity contribution is 9.10. The van der Waals surface area contributed by atoms with E-state index in [0.717, 1.165) is 0 Å². The average molecular weight is 391 g/mol. The highest BCUT2D eigenvalue weighted by Gasteiger charge is 2.21. The van der Waals surface area contributed by atoms with E-state index in [1.807, 2.05) is 6.92 Å². The average Bonchev–Trinajstić information content (AvgIpc) is 2.68. The number of fused-ring (bicyclic) bond motifs is 1. The first-order valence-electron chi connectivity index (χ1n) is 6.71. The summed E-state index contributed by atoms with van der Waals surface area (Å²) in [5, 5.41) is 2.97. The predicted octanol–water partition coefficient (Wildman–Crippen LogP) is 0.526. The molecule has 2 rings (SSSR count). The zero-order valence-corrected chi connectivity index (χ0v) is 15.2. The van der Waals surface area contributed by atoms with E-state index in [2.05, 4.69) is 26.0 Å². The molecule has 0 saturated heterocycles. The van der Waals surface area contributed by atoms with E-state index in [9.17, 15) is 13.2 Å². The maximum absolute atomic E-state index is 12.5. The van der Waals surface area contributed by atoms with Gasteiger partial charge in [-0.3, -0.25) is 9.13 Å². The largest absolute Gasteiger partial charge is 0.328 e. The zero-order valence-electron chi connectivity index (χ0n) is 12.8. The first kappa shape index (κ1) is 17.2. The molecule has 0 amide bonds. The molecular weight excluding hydrogens is 372 g/mol. The summed E-state index contributed by atoms with van der Waals surface area (Å²) in [6.45, 7) is 2.15. The number of imidazole rings is 1. The van der Waals surface area contributed by atoms with Crippen LogP contribution in [0.25, 0.3) is 11.0 Å². The molecule has 0 bridgehead atoms. The molecule has 2 aromatic rings. The first-order chi connectivity index (χ1) is 10.2. The normalized spacial score (nSPS) is 13.7. The molecule has 2 N–H and O–H groups in total. The minimum atomic E-state index is -3.67. The second-order valence-electron chi connectivity index (χ2n) is 5.21. The molecule has 1 unspecified atom stereocenters. The van der Waals surface area contributed by atoms with Crippen LogP contribution >= 0.6 is 15.9 Å². The summed E-state index contributed by atoms with van der Waals surface area (Å²) in [5.74, 6) is 0. The van der Waals surface area contributed by atoms with Crippen LogP contribution in [0.15, 0.2) is 26.3 Å². The van der Waals surface area contributed by atoms with Crippen molar-refractivity contribution < 1.29 is 8.42 Å². The summed E-state index contributed by atoms with van der Waals surface area (Å²) in [4.78, 5) is 12.1. The van der Waals surface area contributed by atoms with E-state index in [1.165, 1.54) is 15.2 Å². The molecule has 9 heteroatoms. The van der Waals surface area contributed by atoms with E-state index in [-0.39, 0.29) is 23.2 Å². The highest BCUT2D eigenvalue weighted by Crippen LogP contribution is 2.27. The number of rotatable bonds is 5. The number of aryl methyl sites for hydroxylation is 2. The lowest BCUT2D eigenvalue weighted by molar-refractivity contribution is 0.554. The maximum Gasteiger partial charge on any atom is 0.328 e. The standard InChI is InChI=1S/C13H19BrN4O3S/c1-8(15-2)7-16-22(20,21)12-6-11-10(5-9(12)14)17(3)13(19)18(11)4/h5-6,8,15-16H,7H2,1-4H3. The fraction of sp³-hybridized carbons (Fsp3) is 0.462. The molecule has 0 aliphatic heterocycles. The van der Waals surface area contributed by atoms with Gasteiger partial charge >= 0.3 is 5.69 Å². The monoisotopic (exact) mass is 390 g/mol. The van der Waals surface area contributed by atoms with Crippen molar-refractivity contribution in [1.29, 1.82) is 0 Å². The maximum atomic E-state index is 12.5. The van der Waals surface area contributed by atoms with Gasteiger partial charge in [-0.15, -0.1) is 0 Å². The third-order valence-electron chi connectivity index (χ3n) is 3.69. The van der Waals surface area contributed by atoms with Crippen LogP contribution in [-0.2, 0) is 24.1 Å². The minimum absolute atomic E-state index is 0.0124. The number of nitrogens with zero attached hydrogens (tertiary/aromatic N) is 2. The van der Waals surface area contributed by atoms with E-state index in [0.29, 0.717) is 15.5 Å². The van der Waals surface area contributed by atoms with E-state index >= 15 is 0 Å². The molecule has 1 aromatic heterocycles. The Hall–Kier alpha value is -1.16. The van der Waals surface area contributed by atoms with Gasteiger partial charge in [0.05, 0.1) is 15.9 Å². The first-order valence-corrected chi connectivity index (χ1v) is 8.98. The molecule has 22 heavy (non-hydrogen) atoms. The Balaban J connectivity index is 2.54. The molecule has 1 heterocycles. The van der Waals surface area contributed by atoms with Crippen LogP contribution in [0.3, 0.4) is 0 Å². The molecule has 0 saturated carbocycles. The van der Waals surface area contributed by atoms with Crippen molar-refractivity contribution >= 4 is 37.0 Å². The van der Waals surface area contributed by atoms with Gasteiger partial charge < -0.3 is 5.32 Å². The summed E-state index contributed by atoms with van der Waals surface area (Å²) in [6, 6.07) is 3.17. The van der Waals surface area contributed by atoms with Gasteiger partial charge in [-0.25, -0.2) is 17.9 Å². The third-order valence-corrected chi connectivity index (χ3v) is 6.07. The Labute approximate surface area is 137 Å². The second kappa shape index (κ2) is 6.15. The molecule has 0 fully saturated rings. The summed E-state index contributed by atoms with van der Waals surface area (Å²) in [5.41, 5.74) is 1.04. The summed E-state index contributed by atoms with van der Waals surface area (Å²) >= 11 is 3.29. The highest BCUT2D eigenvalue weighted by atomic mass is 79.9. The molecule has 1 aromatic carbocycles. The third kappa shape index (κ3) is 2.98. The molecule has 0 aliphatic carbocycles. The van der Waals surface area contributed by atoms with Crippen molar-refractivity contribution in [3.63, 3.8) is 0 Å². The fourth-order valence-electron chi connectivity index (χ4n) is 2.12. The number of benzene rings is 1. The quantitative estimate of drug-likeness (QED) is 0.779. The lowest BCUT2D eigenvalue weighted by Crippen LogP contribution is -2.37. The molecule has 122 valence electrons. The minimum Gasteiger partial charge on any atom is -0.316 e. The number of sulfonamides is 1. The number of nitrogens with one attached hydrogen (secondary N) is 2. The van der Waals surface area contributed by atoms with Crippen LogP contribution in [0.5, 0.6) is 0 Å². The number of aromatic nitrogens is 2. The van der Waals surface area contributed by atoms with Gasteiger partial charge in [0.25, 0.3) is 0 Å². The molecule has 7 nitrogen and oxygen atoms in total. The van der Waals surface area contributed by atoms with E-state index < -0.39 is 10.0 Å². The molecule has 1 atom stereocenters.